The van der Waals surface area contributed by atoms with Crippen LogP contribution in [0.3, 0.4) is 0 Å². The first-order valence-electron chi connectivity index (χ1n) is 11.1. The molecule has 0 saturated carbocycles. The van der Waals surface area contributed by atoms with Crippen molar-refractivity contribution in [2.75, 3.05) is 6.54 Å². The first-order chi connectivity index (χ1) is 15.4. The molecule has 33 heavy (non-hydrogen) atoms. The number of aryl methyl sites for hydroxylation is 2. The normalized spacial score (nSPS) is 12.2. The molecule has 2 aromatic carbocycles. The molecular formula is C26H34ClN3O3. The maximum absolute atomic E-state index is 12.8. The van der Waals surface area contributed by atoms with E-state index in [1.165, 1.54) is 22.3 Å². The van der Waals surface area contributed by atoms with Crippen LogP contribution in [-0.2, 0) is 21.4 Å². The molecule has 178 valence electrons. The topological polar surface area (TPSA) is 101 Å². The van der Waals surface area contributed by atoms with E-state index in [2.05, 4.69) is 57.4 Å². The molecule has 0 spiro atoms. The van der Waals surface area contributed by atoms with Gasteiger partial charge in [0.25, 0.3) is 5.91 Å². The monoisotopic (exact) mass is 471 g/mol. The van der Waals surface area contributed by atoms with Gasteiger partial charge in [0.15, 0.2) is 0 Å². The highest BCUT2D eigenvalue weighted by Gasteiger charge is 2.22. The SMILES string of the molecule is Cc1cc(C(C)(C)C)cc(C)c1CCNC(=O)[C@@H](CCC(N)=O)NC(=O)c1ccc(Cl)cc1. The number of rotatable bonds is 9. The van der Waals surface area contributed by atoms with Crippen LogP contribution >= 0.6 is 11.6 Å². The molecule has 3 amide bonds. The van der Waals surface area contributed by atoms with Crippen molar-refractivity contribution in [2.45, 2.75) is 65.3 Å². The molecular weight excluding hydrogens is 438 g/mol. The molecule has 2 rings (SSSR count). The highest BCUT2D eigenvalue weighted by Crippen LogP contribution is 2.27. The Morgan fingerprint density at radius 2 is 1.61 bits per heavy atom. The summed E-state index contributed by atoms with van der Waals surface area (Å²) >= 11 is 5.87. The molecule has 0 fully saturated rings. The summed E-state index contributed by atoms with van der Waals surface area (Å²) in [7, 11) is 0. The Bertz CT molecular complexity index is 987. The van der Waals surface area contributed by atoms with Crippen molar-refractivity contribution in [1.29, 1.82) is 0 Å². The van der Waals surface area contributed by atoms with E-state index in [4.69, 9.17) is 17.3 Å². The van der Waals surface area contributed by atoms with Gasteiger partial charge in [-0.05, 0) is 78.6 Å². The Balaban J connectivity index is 2.04. The van der Waals surface area contributed by atoms with E-state index in [9.17, 15) is 14.4 Å². The van der Waals surface area contributed by atoms with E-state index in [-0.39, 0.29) is 24.2 Å². The fraction of sp³-hybridized carbons (Fsp3) is 0.423. The van der Waals surface area contributed by atoms with Crippen LogP contribution in [0.25, 0.3) is 0 Å². The summed E-state index contributed by atoms with van der Waals surface area (Å²) in [4.78, 5) is 36.6. The Morgan fingerprint density at radius 1 is 1.03 bits per heavy atom. The van der Waals surface area contributed by atoms with Gasteiger partial charge in [-0.3, -0.25) is 14.4 Å². The van der Waals surface area contributed by atoms with Crippen LogP contribution in [0.2, 0.25) is 5.02 Å². The Morgan fingerprint density at radius 3 is 2.12 bits per heavy atom. The van der Waals surface area contributed by atoms with Gasteiger partial charge >= 0.3 is 0 Å². The van der Waals surface area contributed by atoms with Crippen molar-refractivity contribution < 1.29 is 14.4 Å². The summed E-state index contributed by atoms with van der Waals surface area (Å²) in [6.45, 7) is 11.1. The van der Waals surface area contributed by atoms with Gasteiger partial charge in [-0.15, -0.1) is 0 Å². The molecule has 1 atom stereocenters. The minimum absolute atomic E-state index is 0.00847. The summed E-state index contributed by atoms with van der Waals surface area (Å²) in [6, 6.07) is 9.89. The van der Waals surface area contributed by atoms with Gasteiger partial charge in [0.05, 0.1) is 0 Å². The molecule has 0 unspecified atom stereocenters. The zero-order valence-corrected chi connectivity index (χ0v) is 20.8. The number of amides is 3. The smallest absolute Gasteiger partial charge is 0.251 e. The molecule has 6 nitrogen and oxygen atoms in total. The largest absolute Gasteiger partial charge is 0.370 e. The van der Waals surface area contributed by atoms with Crippen LogP contribution in [-0.4, -0.2) is 30.3 Å². The van der Waals surface area contributed by atoms with Gasteiger partial charge < -0.3 is 16.4 Å². The number of benzene rings is 2. The van der Waals surface area contributed by atoms with Crippen molar-refractivity contribution in [1.82, 2.24) is 10.6 Å². The standard InChI is InChI=1S/C26H34ClN3O3/c1-16-14-19(26(3,4)5)15-17(2)21(16)12-13-29-25(33)22(10-11-23(28)31)30-24(32)18-6-8-20(27)9-7-18/h6-9,14-15,22H,10-13H2,1-5H3,(H2,28,31)(H,29,33)(H,30,32)/t22-/m1/s1. The summed E-state index contributed by atoms with van der Waals surface area (Å²) in [5, 5.41) is 6.10. The van der Waals surface area contributed by atoms with Crippen LogP contribution in [0, 0.1) is 13.8 Å². The summed E-state index contributed by atoms with van der Waals surface area (Å²) in [6.07, 6.45) is 0.784. The number of halogens is 1. The molecule has 4 N–H and O–H groups in total. The number of carbonyl (C=O) groups is 3. The van der Waals surface area contributed by atoms with Crippen molar-refractivity contribution >= 4 is 29.3 Å². The molecule has 0 heterocycles. The van der Waals surface area contributed by atoms with E-state index in [1.807, 2.05) is 0 Å². The van der Waals surface area contributed by atoms with E-state index in [0.29, 0.717) is 23.6 Å². The van der Waals surface area contributed by atoms with Crippen LogP contribution in [0.15, 0.2) is 36.4 Å². The van der Waals surface area contributed by atoms with E-state index in [0.717, 1.165) is 0 Å². The summed E-state index contributed by atoms with van der Waals surface area (Å²) in [5.74, 6) is -1.29. The first kappa shape index (κ1) is 26.4. The Kier molecular flexibility index (Phi) is 9.06. The van der Waals surface area contributed by atoms with Gasteiger partial charge in [-0.2, -0.15) is 0 Å². The molecule has 0 radical (unpaired) electrons. The number of nitrogens with two attached hydrogens (primary N) is 1. The van der Waals surface area contributed by atoms with E-state index >= 15 is 0 Å². The number of carbonyl (C=O) groups excluding carboxylic acids is 3. The van der Waals surface area contributed by atoms with Crippen molar-refractivity contribution in [2.24, 2.45) is 5.73 Å². The molecule has 0 aliphatic heterocycles. The minimum Gasteiger partial charge on any atom is -0.370 e. The number of primary amides is 1. The van der Waals surface area contributed by atoms with Gasteiger partial charge in [0, 0.05) is 23.6 Å². The van der Waals surface area contributed by atoms with Gasteiger partial charge in [0.1, 0.15) is 6.04 Å². The van der Waals surface area contributed by atoms with Crippen LogP contribution in [0.1, 0.15) is 66.2 Å². The quantitative estimate of drug-likeness (QED) is 0.515. The van der Waals surface area contributed by atoms with Crippen molar-refractivity contribution in [3.63, 3.8) is 0 Å². The van der Waals surface area contributed by atoms with Crippen LogP contribution in [0.5, 0.6) is 0 Å². The number of hydrogen-bond donors (Lipinski definition) is 3. The molecule has 0 saturated heterocycles. The third-order valence-electron chi connectivity index (χ3n) is 5.64. The van der Waals surface area contributed by atoms with Gasteiger partial charge in [-0.25, -0.2) is 0 Å². The lowest BCUT2D eigenvalue weighted by Crippen LogP contribution is -2.47. The van der Waals surface area contributed by atoms with Crippen LogP contribution in [0.4, 0.5) is 0 Å². The molecule has 0 aromatic heterocycles. The zero-order valence-electron chi connectivity index (χ0n) is 20.0. The third-order valence-corrected chi connectivity index (χ3v) is 5.90. The highest BCUT2D eigenvalue weighted by molar-refractivity contribution is 6.30. The minimum atomic E-state index is -0.869. The summed E-state index contributed by atoms with van der Waals surface area (Å²) in [5.41, 5.74) is 10.6. The number of hydrogen-bond acceptors (Lipinski definition) is 3. The summed E-state index contributed by atoms with van der Waals surface area (Å²) < 4.78 is 0. The predicted molar refractivity (Wildman–Crippen MR) is 132 cm³/mol. The molecule has 2 aromatic rings. The second-order valence-corrected chi connectivity index (χ2v) is 9.85. The molecule has 0 aliphatic rings. The predicted octanol–water partition coefficient (Wildman–Crippen LogP) is 3.98. The lowest BCUT2D eigenvalue weighted by Gasteiger charge is -2.23. The second-order valence-electron chi connectivity index (χ2n) is 9.42. The molecule has 0 bridgehead atoms. The lowest BCUT2D eigenvalue weighted by atomic mass is 9.83. The average molecular weight is 472 g/mol. The van der Waals surface area contributed by atoms with Gasteiger partial charge in [-0.1, -0.05) is 44.5 Å². The maximum atomic E-state index is 12.8. The van der Waals surface area contributed by atoms with Crippen LogP contribution < -0.4 is 16.4 Å². The maximum Gasteiger partial charge on any atom is 0.251 e. The molecule has 0 aliphatic carbocycles. The fourth-order valence-corrected chi connectivity index (χ4v) is 3.78. The third kappa shape index (κ3) is 7.90. The zero-order chi connectivity index (χ0) is 24.8. The van der Waals surface area contributed by atoms with E-state index in [1.54, 1.807) is 24.3 Å². The van der Waals surface area contributed by atoms with Crippen molar-refractivity contribution in [3.8, 4) is 0 Å². The van der Waals surface area contributed by atoms with Gasteiger partial charge in [0.2, 0.25) is 11.8 Å². The Labute approximate surface area is 201 Å². The second kappa shape index (κ2) is 11.3. The molecule has 7 heteroatoms. The lowest BCUT2D eigenvalue weighted by molar-refractivity contribution is -0.123. The van der Waals surface area contributed by atoms with E-state index < -0.39 is 17.9 Å². The number of nitrogens with one attached hydrogen (secondary N) is 2. The average Bonchev–Trinajstić information content (AvgIpc) is 2.72. The highest BCUT2D eigenvalue weighted by atomic mass is 35.5. The first-order valence-corrected chi connectivity index (χ1v) is 11.5. The fourth-order valence-electron chi connectivity index (χ4n) is 3.65. The van der Waals surface area contributed by atoms with Crippen molar-refractivity contribution in [3.05, 3.63) is 69.2 Å². The Hall–Kier alpha value is -2.86.